The predicted octanol–water partition coefficient (Wildman–Crippen LogP) is 2.35. The monoisotopic (exact) mass is 510 g/mol. The molecule has 28 heavy (non-hydrogen) atoms. The highest BCUT2D eigenvalue weighted by molar-refractivity contribution is 14.0. The van der Waals surface area contributed by atoms with Crippen LogP contribution in [-0.2, 0) is 14.3 Å². The Balaban J connectivity index is 0.00000392. The molecule has 2 rings (SSSR count). The van der Waals surface area contributed by atoms with E-state index in [4.69, 9.17) is 14.5 Å². The average molecular weight is 510 g/mol. The van der Waals surface area contributed by atoms with Gasteiger partial charge < -0.3 is 24.6 Å². The Morgan fingerprint density at radius 3 is 2.89 bits per heavy atom. The summed E-state index contributed by atoms with van der Waals surface area (Å²) in [6.07, 6.45) is 6.14. The number of ether oxygens (including phenoxy) is 2. The molecular weight excluding hydrogens is 471 g/mol. The van der Waals surface area contributed by atoms with Crippen LogP contribution in [0.2, 0.25) is 0 Å². The summed E-state index contributed by atoms with van der Waals surface area (Å²) in [5, 5.41) is 3.41. The maximum Gasteiger partial charge on any atom is 0.222 e. The molecule has 7 nitrogen and oxygen atoms in total. The second kappa shape index (κ2) is 15.3. The van der Waals surface area contributed by atoms with Crippen molar-refractivity contribution in [2.45, 2.75) is 45.4 Å². The summed E-state index contributed by atoms with van der Waals surface area (Å²) in [5.74, 6) is 1.87. The van der Waals surface area contributed by atoms with Crippen molar-refractivity contribution in [2.75, 3.05) is 66.2 Å². The number of rotatable bonds is 10. The maximum atomic E-state index is 12.1. The van der Waals surface area contributed by atoms with Gasteiger partial charge in [-0.3, -0.25) is 9.79 Å². The lowest BCUT2D eigenvalue weighted by Crippen LogP contribution is -2.40. The van der Waals surface area contributed by atoms with Crippen LogP contribution in [0.3, 0.4) is 0 Å². The topological polar surface area (TPSA) is 66.4 Å². The van der Waals surface area contributed by atoms with Gasteiger partial charge in [-0.2, -0.15) is 0 Å². The van der Waals surface area contributed by atoms with Gasteiger partial charge in [0, 0.05) is 58.7 Å². The predicted molar refractivity (Wildman–Crippen MR) is 123 cm³/mol. The molecule has 2 aliphatic heterocycles. The highest BCUT2D eigenvalue weighted by atomic mass is 127. The van der Waals surface area contributed by atoms with Crippen molar-refractivity contribution < 1.29 is 14.3 Å². The lowest BCUT2D eigenvalue weighted by molar-refractivity contribution is -0.130. The number of hydrogen-bond acceptors (Lipinski definition) is 4. The zero-order valence-electron chi connectivity index (χ0n) is 17.7. The Morgan fingerprint density at radius 1 is 1.25 bits per heavy atom. The van der Waals surface area contributed by atoms with Gasteiger partial charge in [-0.1, -0.05) is 6.42 Å². The van der Waals surface area contributed by atoms with Gasteiger partial charge in [0.05, 0.1) is 19.8 Å². The molecule has 0 saturated carbocycles. The molecule has 1 N–H and O–H groups in total. The largest absolute Gasteiger partial charge is 0.382 e. The van der Waals surface area contributed by atoms with E-state index in [1.54, 1.807) is 7.11 Å². The lowest BCUT2D eigenvalue weighted by Gasteiger charge is -2.22. The van der Waals surface area contributed by atoms with Crippen molar-refractivity contribution in [2.24, 2.45) is 10.9 Å². The van der Waals surface area contributed by atoms with E-state index >= 15 is 0 Å². The van der Waals surface area contributed by atoms with Crippen molar-refractivity contribution in [1.82, 2.24) is 15.1 Å². The molecule has 8 heteroatoms. The highest BCUT2D eigenvalue weighted by Gasteiger charge is 2.25. The first-order valence-electron chi connectivity index (χ1n) is 10.6. The number of methoxy groups -OCH3 is 1. The summed E-state index contributed by atoms with van der Waals surface area (Å²) in [5.41, 5.74) is 0. The molecule has 0 aromatic heterocycles. The van der Waals surface area contributed by atoms with E-state index in [0.717, 1.165) is 77.5 Å². The molecule has 0 aromatic carbocycles. The minimum absolute atomic E-state index is 0. The Kier molecular flexibility index (Phi) is 13.9. The van der Waals surface area contributed by atoms with Gasteiger partial charge >= 0.3 is 0 Å². The summed E-state index contributed by atoms with van der Waals surface area (Å²) in [7, 11) is 1.70. The van der Waals surface area contributed by atoms with E-state index in [-0.39, 0.29) is 24.0 Å². The Labute approximate surface area is 187 Å². The molecule has 2 heterocycles. The lowest BCUT2D eigenvalue weighted by atomic mass is 10.1. The Bertz CT molecular complexity index is 465. The Hall–Kier alpha value is -0.610. The number of guanidine groups is 1. The molecule has 0 aliphatic carbocycles. The third kappa shape index (κ3) is 9.26. The van der Waals surface area contributed by atoms with E-state index in [1.165, 1.54) is 6.42 Å². The molecule has 1 amide bonds. The van der Waals surface area contributed by atoms with Crippen LogP contribution in [0, 0.1) is 5.92 Å². The molecule has 0 aromatic rings. The number of carbonyl (C=O) groups excluding carboxylic acids is 1. The summed E-state index contributed by atoms with van der Waals surface area (Å²) < 4.78 is 10.7. The molecule has 164 valence electrons. The minimum Gasteiger partial charge on any atom is -0.382 e. The number of halogens is 1. The van der Waals surface area contributed by atoms with Crippen LogP contribution in [0.1, 0.15) is 45.4 Å². The number of aliphatic imine (C=N–C) groups is 1. The fraction of sp³-hybridized carbons (Fsp3) is 0.900. The van der Waals surface area contributed by atoms with Crippen LogP contribution < -0.4 is 5.32 Å². The normalized spacial score (nSPS) is 20.9. The van der Waals surface area contributed by atoms with Crippen LogP contribution >= 0.6 is 24.0 Å². The van der Waals surface area contributed by atoms with Crippen molar-refractivity contribution >= 4 is 35.8 Å². The van der Waals surface area contributed by atoms with Crippen LogP contribution in [-0.4, -0.2) is 87.9 Å². The Morgan fingerprint density at radius 2 is 2.11 bits per heavy atom. The van der Waals surface area contributed by atoms with Crippen molar-refractivity contribution in [3.8, 4) is 0 Å². The first-order chi connectivity index (χ1) is 13.2. The smallest absolute Gasteiger partial charge is 0.222 e. The molecular formula is C20H39IN4O3. The second-order valence-electron chi connectivity index (χ2n) is 7.45. The standard InChI is InChI=1S/C20H38N4O3.HI/c1-3-21-20(24-13-9-18(16-24)17-27-15-14-26-2)22-10-7-12-23-11-6-4-5-8-19(23)25;/h18H,3-17H2,1-2H3,(H,21,22);1H. The molecule has 0 spiro atoms. The summed E-state index contributed by atoms with van der Waals surface area (Å²) in [4.78, 5) is 21.2. The van der Waals surface area contributed by atoms with Gasteiger partial charge in [-0.05, 0) is 32.6 Å². The minimum atomic E-state index is 0. The number of nitrogens with one attached hydrogen (secondary N) is 1. The first kappa shape index (κ1) is 25.4. The average Bonchev–Trinajstić information content (AvgIpc) is 3.04. The van der Waals surface area contributed by atoms with Gasteiger partial charge in [-0.25, -0.2) is 0 Å². The van der Waals surface area contributed by atoms with Crippen molar-refractivity contribution in [3.63, 3.8) is 0 Å². The van der Waals surface area contributed by atoms with E-state index in [9.17, 15) is 4.79 Å². The van der Waals surface area contributed by atoms with E-state index < -0.39 is 0 Å². The first-order valence-corrected chi connectivity index (χ1v) is 10.6. The third-order valence-corrected chi connectivity index (χ3v) is 5.22. The summed E-state index contributed by atoms with van der Waals surface area (Å²) in [6, 6.07) is 0. The number of amides is 1. The van der Waals surface area contributed by atoms with Crippen LogP contribution in [0.15, 0.2) is 4.99 Å². The zero-order chi connectivity index (χ0) is 19.3. The maximum absolute atomic E-state index is 12.1. The van der Waals surface area contributed by atoms with Gasteiger partial charge in [-0.15, -0.1) is 24.0 Å². The van der Waals surface area contributed by atoms with Crippen molar-refractivity contribution in [3.05, 3.63) is 0 Å². The van der Waals surface area contributed by atoms with E-state index in [1.807, 2.05) is 4.90 Å². The number of carbonyl (C=O) groups is 1. The number of hydrogen-bond donors (Lipinski definition) is 1. The van der Waals surface area contributed by atoms with Gasteiger partial charge in [0.2, 0.25) is 5.91 Å². The fourth-order valence-corrected chi connectivity index (χ4v) is 3.70. The third-order valence-electron chi connectivity index (χ3n) is 5.22. The molecule has 0 bridgehead atoms. The SMILES string of the molecule is CCNC(=NCCCN1CCCCCC1=O)N1CCC(COCCOC)C1.I. The van der Waals surface area contributed by atoms with Gasteiger partial charge in [0.15, 0.2) is 5.96 Å². The van der Waals surface area contributed by atoms with E-state index in [0.29, 0.717) is 31.5 Å². The molecule has 0 radical (unpaired) electrons. The number of likely N-dealkylation sites (tertiary alicyclic amines) is 2. The molecule has 1 unspecified atom stereocenters. The van der Waals surface area contributed by atoms with E-state index in [2.05, 4.69) is 17.1 Å². The molecule has 2 aliphatic rings. The summed E-state index contributed by atoms with van der Waals surface area (Å²) >= 11 is 0. The van der Waals surface area contributed by atoms with Crippen molar-refractivity contribution in [1.29, 1.82) is 0 Å². The molecule has 2 saturated heterocycles. The van der Waals surface area contributed by atoms with Gasteiger partial charge in [0.1, 0.15) is 0 Å². The van der Waals surface area contributed by atoms with Gasteiger partial charge in [0.25, 0.3) is 0 Å². The second-order valence-corrected chi connectivity index (χ2v) is 7.45. The fourth-order valence-electron chi connectivity index (χ4n) is 3.70. The summed E-state index contributed by atoms with van der Waals surface area (Å²) in [6.45, 7) is 9.60. The molecule has 1 atom stereocenters. The quantitative estimate of drug-likeness (QED) is 0.212. The molecule has 2 fully saturated rings. The van der Waals surface area contributed by atoms with Crippen LogP contribution in [0.5, 0.6) is 0 Å². The highest BCUT2D eigenvalue weighted by Crippen LogP contribution is 2.17. The zero-order valence-corrected chi connectivity index (χ0v) is 20.0. The van der Waals surface area contributed by atoms with Crippen LogP contribution in [0.25, 0.3) is 0 Å². The van der Waals surface area contributed by atoms with Crippen LogP contribution in [0.4, 0.5) is 0 Å². The number of nitrogens with zero attached hydrogens (tertiary/aromatic N) is 3.